The SMILES string of the molecule is CCNC(=NCc1ncc(C)c(OC)c1C)NCCc1nc(C)c(C)s1. The molecule has 0 radical (unpaired) electrons. The van der Waals surface area contributed by atoms with Crippen molar-refractivity contribution in [2.45, 2.75) is 47.6 Å². The van der Waals surface area contributed by atoms with E-state index in [-0.39, 0.29) is 0 Å². The van der Waals surface area contributed by atoms with E-state index in [4.69, 9.17) is 4.74 Å². The molecule has 2 N–H and O–H groups in total. The van der Waals surface area contributed by atoms with E-state index in [2.05, 4.69) is 46.4 Å². The van der Waals surface area contributed by atoms with Crippen LogP contribution in [0.4, 0.5) is 0 Å². The Labute approximate surface area is 160 Å². The lowest BCUT2D eigenvalue weighted by Gasteiger charge is -2.13. The Hall–Kier alpha value is -2.15. The topological polar surface area (TPSA) is 71.4 Å². The molecule has 0 unspecified atom stereocenters. The van der Waals surface area contributed by atoms with Crippen LogP contribution in [-0.2, 0) is 13.0 Å². The van der Waals surface area contributed by atoms with Crippen LogP contribution in [0.5, 0.6) is 5.75 Å². The Bertz CT molecular complexity index is 750. The van der Waals surface area contributed by atoms with Crippen molar-refractivity contribution < 1.29 is 4.74 Å². The number of ether oxygens (including phenoxy) is 1. The Balaban J connectivity index is 2.00. The van der Waals surface area contributed by atoms with E-state index in [0.29, 0.717) is 6.54 Å². The van der Waals surface area contributed by atoms with Gasteiger partial charge in [0, 0.05) is 41.7 Å². The molecule has 0 aromatic carbocycles. The van der Waals surface area contributed by atoms with Crippen LogP contribution in [0.2, 0.25) is 0 Å². The van der Waals surface area contributed by atoms with Crippen molar-refractivity contribution in [1.82, 2.24) is 20.6 Å². The van der Waals surface area contributed by atoms with E-state index in [9.17, 15) is 0 Å². The molecular formula is C19H29N5OS. The normalized spacial score (nSPS) is 11.5. The summed E-state index contributed by atoms with van der Waals surface area (Å²) in [5.74, 6) is 1.68. The summed E-state index contributed by atoms with van der Waals surface area (Å²) in [6.07, 6.45) is 2.73. The van der Waals surface area contributed by atoms with Crippen LogP contribution < -0.4 is 15.4 Å². The van der Waals surface area contributed by atoms with Gasteiger partial charge in [0.05, 0.1) is 30.1 Å². The van der Waals surface area contributed by atoms with E-state index in [1.54, 1.807) is 18.4 Å². The van der Waals surface area contributed by atoms with Gasteiger partial charge in [-0.25, -0.2) is 9.98 Å². The minimum Gasteiger partial charge on any atom is -0.496 e. The standard InChI is InChI=1S/C19H29N5OS/c1-7-20-19(21-9-8-17-24-14(4)15(5)26-17)23-11-16-13(3)18(25-6)12(2)10-22-16/h10H,7-9,11H2,1-6H3,(H2,20,21,23). The number of guanidine groups is 1. The first-order valence-corrected chi connectivity index (χ1v) is 9.72. The second-order valence-corrected chi connectivity index (χ2v) is 7.46. The summed E-state index contributed by atoms with van der Waals surface area (Å²) in [4.78, 5) is 15.0. The third-order valence-electron chi connectivity index (χ3n) is 4.19. The molecule has 142 valence electrons. The lowest BCUT2D eigenvalue weighted by Crippen LogP contribution is -2.38. The number of hydrogen-bond donors (Lipinski definition) is 2. The molecule has 0 saturated carbocycles. The van der Waals surface area contributed by atoms with Crippen LogP contribution in [0.25, 0.3) is 0 Å². The van der Waals surface area contributed by atoms with Gasteiger partial charge in [0.25, 0.3) is 0 Å². The maximum Gasteiger partial charge on any atom is 0.191 e. The van der Waals surface area contributed by atoms with E-state index >= 15 is 0 Å². The highest BCUT2D eigenvalue weighted by Crippen LogP contribution is 2.24. The van der Waals surface area contributed by atoms with Gasteiger partial charge in [-0.05, 0) is 34.6 Å². The fourth-order valence-corrected chi connectivity index (χ4v) is 3.59. The zero-order chi connectivity index (χ0) is 19.1. The average molecular weight is 376 g/mol. The lowest BCUT2D eigenvalue weighted by molar-refractivity contribution is 0.407. The molecule has 2 heterocycles. The van der Waals surface area contributed by atoms with Crippen molar-refractivity contribution in [3.8, 4) is 5.75 Å². The Kier molecular flexibility index (Phi) is 7.38. The first-order valence-electron chi connectivity index (χ1n) is 8.90. The van der Waals surface area contributed by atoms with Crippen LogP contribution in [0.15, 0.2) is 11.2 Å². The van der Waals surface area contributed by atoms with Gasteiger partial charge in [-0.2, -0.15) is 0 Å². The van der Waals surface area contributed by atoms with Crippen LogP contribution >= 0.6 is 11.3 Å². The van der Waals surface area contributed by atoms with Crippen molar-refractivity contribution in [2.24, 2.45) is 4.99 Å². The fraction of sp³-hybridized carbons (Fsp3) is 0.526. The molecule has 0 aliphatic heterocycles. The monoisotopic (exact) mass is 375 g/mol. The minimum absolute atomic E-state index is 0.507. The molecule has 7 heteroatoms. The molecule has 0 spiro atoms. The minimum atomic E-state index is 0.507. The summed E-state index contributed by atoms with van der Waals surface area (Å²) < 4.78 is 5.47. The van der Waals surface area contributed by atoms with Gasteiger partial charge in [0.1, 0.15) is 5.75 Å². The molecule has 0 bridgehead atoms. The maximum atomic E-state index is 5.47. The summed E-state index contributed by atoms with van der Waals surface area (Å²) in [5, 5.41) is 7.81. The van der Waals surface area contributed by atoms with Crippen molar-refractivity contribution in [1.29, 1.82) is 0 Å². The van der Waals surface area contributed by atoms with Gasteiger partial charge in [-0.15, -0.1) is 11.3 Å². The van der Waals surface area contributed by atoms with Gasteiger partial charge in [0.15, 0.2) is 5.96 Å². The number of nitrogens with one attached hydrogen (secondary N) is 2. The summed E-state index contributed by atoms with van der Waals surface area (Å²) in [7, 11) is 1.69. The lowest BCUT2D eigenvalue weighted by atomic mass is 10.1. The number of nitrogens with zero attached hydrogens (tertiary/aromatic N) is 3. The summed E-state index contributed by atoms with van der Waals surface area (Å²) in [5.41, 5.74) is 4.13. The summed E-state index contributed by atoms with van der Waals surface area (Å²) in [6.45, 7) is 12.4. The molecule has 0 aliphatic carbocycles. The average Bonchev–Trinajstić information content (AvgIpc) is 2.92. The molecule has 2 aromatic rings. The third kappa shape index (κ3) is 5.17. The number of aryl methyl sites for hydroxylation is 3. The second-order valence-electron chi connectivity index (χ2n) is 6.17. The van der Waals surface area contributed by atoms with Gasteiger partial charge in [-0.3, -0.25) is 4.98 Å². The molecule has 2 aromatic heterocycles. The smallest absolute Gasteiger partial charge is 0.191 e. The molecular weight excluding hydrogens is 346 g/mol. The zero-order valence-corrected chi connectivity index (χ0v) is 17.4. The molecule has 0 amide bonds. The largest absolute Gasteiger partial charge is 0.496 e. The predicted octanol–water partition coefficient (Wildman–Crippen LogP) is 3.08. The van der Waals surface area contributed by atoms with Gasteiger partial charge in [-0.1, -0.05) is 0 Å². The number of methoxy groups -OCH3 is 1. The fourth-order valence-electron chi connectivity index (χ4n) is 2.66. The van der Waals surface area contributed by atoms with Crippen LogP contribution in [0.3, 0.4) is 0 Å². The van der Waals surface area contributed by atoms with E-state index < -0.39 is 0 Å². The molecule has 0 atom stereocenters. The highest BCUT2D eigenvalue weighted by atomic mass is 32.1. The summed E-state index contributed by atoms with van der Waals surface area (Å²) >= 11 is 1.76. The first kappa shape index (κ1) is 20.2. The van der Waals surface area contributed by atoms with Crippen molar-refractivity contribution in [3.63, 3.8) is 0 Å². The summed E-state index contributed by atoms with van der Waals surface area (Å²) in [6, 6.07) is 0. The quantitative estimate of drug-likeness (QED) is 0.575. The highest BCUT2D eigenvalue weighted by Gasteiger charge is 2.09. The van der Waals surface area contributed by atoms with Crippen LogP contribution in [-0.4, -0.2) is 36.1 Å². The molecule has 6 nitrogen and oxygen atoms in total. The Morgan fingerprint density at radius 2 is 2.00 bits per heavy atom. The molecule has 0 fully saturated rings. The highest BCUT2D eigenvalue weighted by molar-refractivity contribution is 7.11. The van der Waals surface area contributed by atoms with E-state index in [1.807, 2.05) is 20.0 Å². The second kappa shape index (κ2) is 9.52. The number of pyridine rings is 1. The van der Waals surface area contributed by atoms with Crippen LogP contribution in [0.1, 0.15) is 39.3 Å². The molecule has 0 aliphatic rings. The van der Waals surface area contributed by atoms with E-state index in [0.717, 1.165) is 58.7 Å². The number of aromatic nitrogens is 2. The van der Waals surface area contributed by atoms with Gasteiger partial charge >= 0.3 is 0 Å². The third-order valence-corrected chi connectivity index (χ3v) is 5.32. The number of thiazole rings is 1. The number of hydrogen-bond acceptors (Lipinski definition) is 5. The predicted molar refractivity (Wildman–Crippen MR) is 108 cm³/mol. The molecule has 0 saturated heterocycles. The van der Waals surface area contributed by atoms with Gasteiger partial charge < -0.3 is 15.4 Å². The maximum absolute atomic E-state index is 5.47. The van der Waals surface area contributed by atoms with Crippen molar-refractivity contribution >= 4 is 17.3 Å². The van der Waals surface area contributed by atoms with Gasteiger partial charge in [0.2, 0.25) is 0 Å². The first-order chi connectivity index (χ1) is 12.5. The Morgan fingerprint density at radius 1 is 1.23 bits per heavy atom. The molecule has 26 heavy (non-hydrogen) atoms. The number of aliphatic imine (C=N–C) groups is 1. The van der Waals surface area contributed by atoms with Crippen molar-refractivity contribution in [2.75, 3.05) is 20.2 Å². The van der Waals surface area contributed by atoms with E-state index in [1.165, 1.54) is 4.88 Å². The van der Waals surface area contributed by atoms with Crippen molar-refractivity contribution in [3.05, 3.63) is 38.6 Å². The number of rotatable bonds is 7. The zero-order valence-electron chi connectivity index (χ0n) is 16.6. The molecule has 2 rings (SSSR count). The Morgan fingerprint density at radius 3 is 2.62 bits per heavy atom. The van der Waals surface area contributed by atoms with Crippen LogP contribution in [0, 0.1) is 27.7 Å².